The first-order valence-corrected chi connectivity index (χ1v) is 9.55. The van der Waals surface area contributed by atoms with E-state index >= 15 is 0 Å². The minimum absolute atomic E-state index is 0.100. The molecule has 0 saturated heterocycles. The van der Waals surface area contributed by atoms with Gasteiger partial charge in [-0.05, 0) is 43.7 Å². The zero-order chi connectivity index (χ0) is 16.5. The lowest BCUT2D eigenvalue weighted by molar-refractivity contribution is -0.123. The summed E-state index contributed by atoms with van der Waals surface area (Å²) in [5.74, 6) is 0.123. The van der Waals surface area contributed by atoms with Crippen LogP contribution in [-0.4, -0.2) is 28.9 Å². The highest BCUT2D eigenvalue weighted by Gasteiger charge is 2.26. The minimum atomic E-state index is 0.100. The van der Waals surface area contributed by atoms with E-state index in [1.54, 1.807) is 11.3 Å². The number of fused-ring (bicyclic) bond motifs is 2. The lowest BCUT2D eigenvalue weighted by Gasteiger charge is -2.29. The molecule has 0 spiro atoms. The number of nitrogens with one attached hydrogen (secondary N) is 1. The van der Waals surface area contributed by atoms with E-state index in [1.165, 1.54) is 16.0 Å². The Kier molecular flexibility index (Phi) is 4.37. The summed E-state index contributed by atoms with van der Waals surface area (Å²) in [5, 5.41) is 4.33. The molecule has 2 heterocycles. The van der Waals surface area contributed by atoms with Crippen LogP contribution >= 0.6 is 11.3 Å². The molecule has 2 aliphatic rings. The third kappa shape index (κ3) is 3.23. The van der Waals surface area contributed by atoms with Crippen LogP contribution in [0.1, 0.15) is 45.6 Å². The Bertz CT molecular complexity index is 755. The average Bonchev–Trinajstić information content (AvgIpc) is 2.96. The number of rotatable bonds is 3. The summed E-state index contributed by atoms with van der Waals surface area (Å²) >= 11 is 1.78. The molecule has 0 saturated carbocycles. The van der Waals surface area contributed by atoms with Crippen molar-refractivity contribution in [3.8, 4) is 0 Å². The molecule has 4 nitrogen and oxygen atoms in total. The van der Waals surface area contributed by atoms with Crippen molar-refractivity contribution in [3.05, 3.63) is 51.0 Å². The number of thiazole rings is 1. The van der Waals surface area contributed by atoms with Crippen LogP contribution in [0.5, 0.6) is 0 Å². The number of aromatic nitrogens is 1. The second-order valence-electron chi connectivity index (χ2n) is 6.78. The fourth-order valence-corrected chi connectivity index (χ4v) is 4.85. The van der Waals surface area contributed by atoms with Gasteiger partial charge in [-0.1, -0.05) is 24.3 Å². The zero-order valence-corrected chi connectivity index (χ0v) is 14.9. The van der Waals surface area contributed by atoms with E-state index in [-0.39, 0.29) is 11.9 Å². The molecule has 126 valence electrons. The van der Waals surface area contributed by atoms with Crippen LogP contribution in [0.4, 0.5) is 0 Å². The number of amides is 1. The highest BCUT2D eigenvalue weighted by atomic mass is 32.1. The summed E-state index contributed by atoms with van der Waals surface area (Å²) in [5.41, 5.74) is 3.89. The van der Waals surface area contributed by atoms with Crippen molar-refractivity contribution in [2.45, 2.75) is 45.2 Å². The number of aryl methyl sites for hydroxylation is 2. The van der Waals surface area contributed by atoms with Crippen molar-refractivity contribution < 1.29 is 4.79 Å². The molecule has 1 aliphatic heterocycles. The van der Waals surface area contributed by atoms with Crippen LogP contribution in [0.2, 0.25) is 0 Å². The smallest absolute Gasteiger partial charge is 0.234 e. The number of nitrogens with zero attached hydrogens (tertiary/aromatic N) is 2. The summed E-state index contributed by atoms with van der Waals surface area (Å²) in [7, 11) is 0. The first kappa shape index (κ1) is 15.8. The summed E-state index contributed by atoms with van der Waals surface area (Å²) < 4.78 is 0. The summed E-state index contributed by atoms with van der Waals surface area (Å²) in [4.78, 5) is 20.8. The molecule has 1 aromatic carbocycles. The van der Waals surface area contributed by atoms with Gasteiger partial charge in [-0.15, -0.1) is 11.3 Å². The predicted octanol–water partition coefficient (Wildman–Crippen LogP) is 3.00. The van der Waals surface area contributed by atoms with Crippen molar-refractivity contribution in [2.24, 2.45) is 0 Å². The molecule has 1 aromatic heterocycles. The van der Waals surface area contributed by atoms with Gasteiger partial charge >= 0.3 is 0 Å². The van der Waals surface area contributed by atoms with Crippen molar-refractivity contribution >= 4 is 17.2 Å². The average molecular weight is 341 g/mol. The van der Waals surface area contributed by atoms with E-state index in [4.69, 9.17) is 0 Å². The van der Waals surface area contributed by atoms with Gasteiger partial charge < -0.3 is 5.32 Å². The van der Waals surface area contributed by atoms with Crippen LogP contribution in [0.15, 0.2) is 24.3 Å². The van der Waals surface area contributed by atoms with Gasteiger partial charge in [-0.25, -0.2) is 4.98 Å². The second kappa shape index (κ2) is 6.65. The molecule has 2 aromatic rings. The molecular formula is C19H23N3OS. The maximum Gasteiger partial charge on any atom is 0.234 e. The van der Waals surface area contributed by atoms with Crippen LogP contribution in [0.3, 0.4) is 0 Å². The van der Waals surface area contributed by atoms with Crippen molar-refractivity contribution in [1.82, 2.24) is 15.2 Å². The molecule has 0 fully saturated rings. The summed E-state index contributed by atoms with van der Waals surface area (Å²) in [6.07, 6.45) is 4.28. The molecule has 1 amide bonds. The Morgan fingerprint density at radius 3 is 3.04 bits per heavy atom. The van der Waals surface area contributed by atoms with E-state index in [0.29, 0.717) is 6.54 Å². The molecule has 1 N–H and O–H groups in total. The number of carbonyl (C=O) groups is 1. The largest absolute Gasteiger partial charge is 0.347 e. The molecular weight excluding hydrogens is 318 g/mol. The Morgan fingerprint density at radius 1 is 1.33 bits per heavy atom. The van der Waals surface area contributed by atoms with Crippen molar-refractivity contribution in [3.63, 3.8) is 0 Å². The summed E-state index contributed by atoms with van der Waals surface area (Å²) in [6, 6.07) is 8.64. The minimum Gasteiger partial charge on any atom is -0.347 e. The van der Waals surface area contributed by atoms with E-state index in [2.05, 4.69) is 39.5 Å². The van der Waals surface area contributed by atoms with E-state index < -0.39 is 0 Å². The molecule has 24 heavy (non-hydrogen) atoms. The Balaban J connectivity index is 1.38. The first-order chi connectivity index (χ1) is 11.7. The number of carbonyl (C=O) groups excluding carboxylic acids is 1. The topological polar surface area (TPSA) is 45.2 Å². The molecule has 0 radical (unpaired) electrons. The van der Waals surface area contributed by atoms with E-state index in [1.807, 2.05) is 6.92 Å². The van der Waals surface area contributed by atoms with Crippen molar-refractivity contribution in [1.29, 1.82) is 0 Å². The maximum atomic E-state index is 12.5. The van der Waals surface area contributed by atoms with Gasteiger partial charge in [0.05, 0.1) is 23.3 Å². The van der Waals surface area contributed by atoms with Gasteiger partial charge in [-0.2, -0.15) is 0 Å². The Labute approximate surface area is 146 Å². The standard InChI is InChI=1S/C19H23N3OS/c1-13-20-19-16(7-4-8-17(19)24-13)21-18(23)12-22-10-9-14-5-2-3-6-15(14)11-22/h2-3,5-6,16H,4,7-12H2,1H3,(H,21,23)/t16-/m1/s1. The van der Waals surface area contributed by atoms with E-state index in [0.717, 1.165) is 49.5 Å². The number of hydrogen-bond donors (Lipinski definition) is 1. The normalized spacial score (nSPS) is 20.3. The van der Waals surface area contributed by atoms with Crippen molar-refractivity contribution in [2.75, 3.05) is 13.1 Å². The quantitative estimate of drug-likeness (QED) is 0.933. The van der Waals surface area contributed by atoms with Crippen LogP contribution in [0.25, 0.3) is 0 Å². The lowest BCUT2D eigenvalue weighted by atomic mass is 9.97. The van der Waals surface area contributed by atoms with Gasteiger partial charge in [-0.3, -0.25) is 9.69 Å². The molecule has 0 bridgehead atoms. The third-order valence-electron chi connectivity index (χ3n) is 4.97. The van der Waals surface area contributed by atoms with Crippen LogP contribution in [-0.2, 0) is 24.2 Å². The first-order valence-electron chi connectivity index (χ1n) is 8.74. The third-order valence-corrected chi connectivity index (χ3v) is 6.02. The number of hydrogen-bond acceptors (Lipinski definition) is 4. The highest BCUT2D eigenvalue weighted by Crippen LogP contribution is 2.33. The SMILES string of the molecule is Cc1nc2c(s1)CCC[C@H]2NC(=O)CN1CCc2ccccc2C1. The summed E-state index contributed by atoms with van der Waals surface area (Å²) in [6.45, 7) is 4.35. The van der Waals surface area contributed by atoms with E-state index in [9.17, 15) is 4.79 Å². The monoisotopic (exact) mass is 341 g/mol. The number of benzene rings is 1. The van der Waals surface area contributed by atoms with Crippen LogP contribution < -0.4 is 5.32 Å². The molecule has 5 heteroatoms. The predicted molar refractivity (Wildman–Crippen MR) is 96.1 cm³/mol. The Morgan fingerprint density at radius 2 is 2.17 bits per heavy atom. The van der Waals surface area contributed by atoms with Gasteiger partial charge in [0.15, 0.2) is 0 Å². The molecule has 1 atom stereocenters. The molecule has 4 rings (SSSR count). The molecule has 0 unspecified atom stereocenters. The van der Waals surface area contributed by atoms with Crippen LogP contribution in [0, 0.1) is 6.92 Å². The fourth-order valence-electron chi connectivity index (χ4n) is 3.81. The zero-order valence-electron chi connectivity index (χ0n) is 14.0. The van der Waals surface area contributed by atoms with Gasteiger partial charge in [0.25, 0.3) is 0 Å². The maximum absolute atomic E-state index is 12.5. The lowest BCUT2D eigenvalue weighted by Crippen LogP contribution is -2.41. The second-order valence-corrected chi connectivity index (χ2v) is 8.07. The van der Waals surface area contributed by atoms with Gasteiger partial charge in [0.1, 0.15) is 0 Å². The molecule has 1 aliphatic carbocycles. The van der Waals surface area contributed by atoms with Gasteiger partial charge in [0, 0.05) is 18.0 Å². The van der Waals surface area contributed by atoms with Gasteiger partial charge in [0.2, 0.25) is 5.91 Å². The highest BCUT2D eigenvalue weighted by molar-refractivity contribution is 7.11. The fraction of sp³-hybridized carbons (Fsp3) is 0.474. The Hall–Kier alpha value is -1.72.